The molecule has 1 aliphatic carbocycles. The first-order valence-corrected chi connectivity index (χ1v) is 6.49. The molecule has 0 amide bonds. The maximum absolute atomic E-state index is 11.7. The van der Waals surface area contributed by atoms with Crippen molar-refractivity contribution < 1.29 is 4.79 Å². The Morgan fingerprint density at radius 2 is 2.13 bits per heavy atom. The lowest BCUT2D eigenvalue weighted by molar-refractivity contribution is 0.0977. The van der Waals surface area contributed by atoms with E-state index in [0.29, 0.717) is 5.78 Å². The van der Waals surface area contributed by atoms with Crippen molar-refractivity contribution in [2.24, 2.45) is 0 Å². The van der Waals surface area contributed by atoms with E-state index < -0.39 is 0 Å². The Morgan fingerprint density at radius 3 is 3.00 bits per heavy atom. The summed E-state index contributed by atoms with van der Waals surface area (Å²) < 4.78 is 1.25. The Kier molecular flexibility index (Phi) is 2.15. The van der Waals surface area contributed by atoms with E-state index in [-0.39, 0.29) is 0 Å². The molecule has 0 saturated carbocycles. The molecule has 1 heterocycles. The van der Waals surface area contributed by atoms with Crippen LogP contribution in [-0.4, -0.2) is 5.78 Å². The minimum Gasteiger partial charge on any atom is -0.293 e. The van der Waals surface area contributed by atoms with Crippen molar-refractivity contribution >= 4 is 41.8 Å². The van der Waals surface area contributed by atoms with Crippen LogP contribution in [0.1, 0.15) is 28.1 Å². The Hall–Kier alpha value is -0.720. The Balaban J connectivity index is 2.36. The molecule has 1 nitrogen and oxygen atoms in total. The summed E-state index contributed by atoms with van der Waals surface area (Å²) in [5, 5.41) is 2.48. The van der Waals surface area contributed by atoms with Crippen LogP contribution in [0.15, 0.2) is 18.2 Å². The summed E-state index contributed by atoms with van der Waals surface area (Å²) in [5.74, 6) is 0.336. The van der Waals surface area contributed by atoms with Gasteiger partial charge in [0.05, 0.1) is 4.88 Å². The van der Waals surface area contributed by atoms with Crippen LogP contribution in [0.3, 0.4) is 0 Å². The number of thiophene rings is 1. The maximum Gasteiger partial charge on any atom is 0.173 e. The number of hydrogen-bond acceptors (Lipinski definition) is 2. The summed E-state index contributed by atoms with van der Waals surface area (Å²) in [7, 11) is 2.72. The third kappa shape index (κ3) is 1.44. The number of benzene rings is 1. The quantitative estimate of drug-likeness (QED) is 0.640. The monoisotopic (exact) mass is 234 g/mol. The van der Waals surface area contributed by atoms with Gasteiger partial charge in [0.15, 0.2) is 5.78 Å². The van der Waals surface area contributed by atoms with Gasteiger partial charge >= 0.3 is 0 Å². The second-order valence-corrected chi connectivity index (χ2v) is 5.66. The van der Waals surface area contributed by atoms with Gasteiger partial charge in [-0.05, 0) is 41.2 Å². The van der Waals surface area contributed by atoms with E-state index in [9.17, 15) is 4.79 Å². The van der Waals surface area contributed by atoms with Gasteiger partial charge in [-0.2, -0.15) is 0 Å². The highest BCUT2D eigenvalue weighted by Crippen LogP contribution is 2.35. The number of aryl methyl sites for hydroxylation is 1. The summed E-state index contributed by atoms with van der Waals surface area (Å²) in [6, 6.07) is 6.38. The zero-order valence-corrected chi connectivity index (χ0v) is 10.2. The van der Waals surface area contributed by atoms with Crippen molar-refractivity contribution in [1.29, 1.82) is 0 Å². The van der Waals surface area contributed by atoms with Gasteiger partial charge in [-0.15, -0.1) is 20.6 Å². The average molecular weight is 234 g/mol. The molecule has 0 aliphatic heterocycles. The van der Waals surface area contributed by atoms with E-state index >= 15 is 0 Å². The molecule has 76 valence electrons. The zero-order chi connectivity index (χ0) is 10.4. The third-order valence-electron chi connectivity index (χ3n) is 2.90. The molecule has 1 atom stereocenters. The molecule has 2 aromatic rings. The van der Waals surface area contributed by atoms with Crippen LogP contribution in [0.5, 0.6) is 0 Å². The first-order chi connectivity index (χ1) is 7.25. The molecule has 1 aromatic carbocycles. The smallest absolute Gasteiger partial charge is 0.173 e. The number of carbonyl (C=O) groups is 1. The van der Waals surface area contributed by atoms with E-state index in [4.69, 9.17) is 0 Å². The number of hydrogen-bond donors (Lipinski definition) is 0. The van der Waals surface area contributed by atoms with Gasteiger partial charge in [-0.1, -0.05) is 6.07 Å². The molecule has 1 unspecified atom stereocenters. The first kappa shape index (κ1) is 9.50. The van der Waals surface area contributed by atoms with Crippen molar-refractivity contribution in [3.8, 4) is 0 Å². The van der Waals surface area contributed by atoms with Crippen molar-refractivity contribution in [3.05, 3.63) is 28.6 Å². The van der Waals surface area contributed by atoms with Gasteiger partial charge in [-0.3, -0.25) is 4.79 Å². The molecule has 3 rings (SSSR count). The molecule has 1 aliphatic rings. The van der Waals surface area contributed by atoms with Crippen molar-refractivity contribution in [2.45, 2.75) is 19.3 Å². The summed E-state index contributed by atoms with van der Waals surface area (Å²) in [6.45, 7) is 0. The highest BCUT2D eigenvalue weighted by atomic mass is 32.1. The second kappa shape index (κ2) is 3.40. The van der Waals surface area contributed by atoms with Crippen molar-refractivity contribution in [3.63, 3.8) is 0 Å². The number of rotatable bonds is 0. The zero-order valence-electron chi connectivity index (χ0n) is 8.25. The lowest BCUT2D eigenvalue weighted by atomic mass is 9.95. The summed E-state index contributed by atoms with van der Waals surface area (Å²) in [5.41, 5.74) is 1.29. The number of carbonyl (C=O) groups excluding carboxylic acids is 1. The summed E-state index contributed by atoms with van der Waals surface area (Å²) in [4.78, 5) is 12.8. The van der Waals surface area contributed by atoms with Gasteiger partial charge in [0.25, 0.3) is 0 Å². The fourth-order valence-electron chi connectivity index (χ4n) is 2.18. The van der Waals surface area contributed by atoms with Crippen LogP contribution in [0.4, 0.5) is 0 Å². The predicted molar refractivity (Wildman–Crippen MR) is 68.4 cm³/mol. The van der Waals surface area contributed by atoms with Crippen LogP contribution in [0, 0.1) is 0 Å². The Labute approximate surface area is 94.7 Å². The van der Waals surface area contributed by atoms with Gasteiger partial charge in [-0.25, -0.2) is 0 Å². The molecule has 15 heavy (non-hydrogen) atoms. The van der Waals surface area contributed by atoms with Gasteiger partial charge < -0.3 is 0 Å². The number of Topliss-reactive ketones (excluding diaryl/α,β-unsaturated/α-hetero) is 1. The standard InChI is InChI=1S/C12H11OPS/c13-10-3-1-2-8-9-6-7(14)4-5-11(9)15-12(8)10/h4-6H,1-3,14H2. The van der Waals surface area contributed by atoms with E-state index in [2.05, 4.69) is 27.4 Å². The Morgan fingerprint density at radius 1 is 1.27 bits per heavy atom. The summed E-state index contributed by atoms with van der Waals surface area (Å²) >= 11 is 1.66. The lowest BCUT2D eigenvalue weighted by Gasteiger charge is -2.09. The van der Waals surface area contributed by atoms with Crippen molar-refractivity contribution in [1.82, 2.24) is 0 Å². The van der Waals surface area contributed by atoms with Crippen LogP contribution in [0.2, 0.25) is 0 Å². The van der Waals surface area contributed by atoms with Gasteiger partial charge in [0.2, 0.25) is 0 Å². The fraction of sp³-hybridized carbons (Fsp3) is 0.250. The lowest BCUT2D eigenvalue weighted by Crippen LogP contribution is -2.07. The summed E-state index contributed by atoms with van der Waals surface area (Å²) in [6.07, 6.45) is 2.81. The maximum atomic E-state index is 11.7. The fourth-order valence-corrected chi connectivity index (χ4v) is 3.64. The van der Waals surface area contributed by atoms with Gasteiger partial charge in [0, 0.05) is 11.1 Å². The molecule has 0 saturated heterocycles. The molecular weight excluding hydrogens is 223 g/mol. The van der Waals surface area contributed by atoms with Crippen LogP contribution < -0.4 is 5.30 Å². The molecule has 0 spiro atoms. The normalized spacial score (nSPS) is 15.7. The van der Waals surface area contributed by atoms with E-state index in [0.717, 1.165) is 24.1 Å². The van der Waals surface area contributed by atoms with E-state index in [1.54, 1.807) is 11.3 Å². The predicted octanol–water partition coefficient (Wildman–Crippen LogP) is 2.92. The molecule has 0 bridgehead atoms. The molecule has 3 heteroatoms. The van der Waals surface area contributed by atoms with Gasteiger partial charge in [0.1, 0.15) is 0 Å². The van der Waals surface area contributed by atoms with E-state index in [1.165, 1.54) is 21.0 Å². The third-order valence-corrected chi connectivity index (χ3v) is 4.51. The highest BCUT2D eigenvalue weighted by molar-refractivity contribution is 7.27. The topological polar surface area (TPSA) is 17.1 Å². The SMILES string of the molecule is O=C1CCCc2c1sc1ccc(P)cc21. The second-order valence-electron chi connectivity index (χ2n) is 3.94. The molecule has 0 N–H and O–H groups in total. The molecule has 0 radical (unpaired) electrons. The molecule has 0 fully saturated rings. The average Bonchev–Trinajstić information content (AvgIpc) is 2.58. The first-order valence-electron chi connectivity index (χ1n) is 5.10. The van der Waals surface area contributed by atoms with Crippen molar-refractivity contribution in [2.75, 3.05) is 0 Å². The largest absolute Gasteiger partial charge is 0.293 e. The minimum absolute atomic E-state index is 0.336. The highest BCUT2D eigenvalue weighted by Gasteiger charge is 2.21. The van der Waals surface area contributed by atoms with Crippen LogP contribution in [-0.2, 0) is 6.42 Å². The van der Waals surface area contributed by atoms with Crippen LogP contribution in [0.25, 0.3) is 10.1 Å². The van der Waals surface area contributed by atoms with Crippen LogP contribution >= 0.6 is 20.6 Å². The number of fused-ring (bicyclic) bond motifs is 3. The number of ketones is 1. The van der Waals surface area contributed by atoms with E-state index in [1.807, 2.05) is 0 Å². The molecular formula is C12H11OPS. The Bertz CT molecular complexity index is 556. The molecule has 1 aromatic heterocycles. The minimum atomic E-state index is 0.336.